The van der Waals surface area contributed by atoms with Gasteiger partial charge in [-0.25, -0.2) is 13.8 Å². The zero-order chi connectivity index (χ0) is 25.2. The number of hydrogen-bond donors (Lipinski definition) is 1. The van der Waals surface area contributed by atoms with Crippen LogP contribution in [-0.4, -0.2) is 47.1 Å². The molecule has 0 unspecified atom stereocenters. The fraction of sp³-hybridized carbons (Fsp3) is 0.360. The van der Waals surface area contributed by atoms with Crippen LogP contribution in [0.1, 0.15) is 29.5 Å². The summed E-state index contributed by atoms with van der Waals surface area (Å²) in [4.78, 5) is 15.1. The molecule has 3 aromatic heterocycles. The van der Waals surface area contributed by atoms with Crippen LogP contribution < -0.4 is 10.5 Å². The first-order valence-electron chi connectivity index (χ1n) is 11.4. The molecule has 0 amide bonds. The second-order valence-electron chi connectivity index (χ2n) is 9.69. The Morgan fingerprint density at radius 1 is 1.22 bits per heavy atom. The Kier molecular flexibility index (Phi) is 5.29. The standard InChI is InChI=1S/C25H22F2N6O2S/c1-33(2)10-25(3-4-25)11-35-24-31-6-13-14-8-34-9-15(14)17(19(27)20(13)32-24)21-18-12(5-28)23(29)36-22(18)16(26)7-30-21/h6-7H,3-4,8-11,29H2,1-2H3. The van der Waals surface area contributed by atoms with Crippen LogP contribution in [0.15, 0.2) is 12.4 Å². The van der Waals surface area contributed by atoms with E-state index < -0.39 is 11.6 Å². The number of nitriles is 1. The van der Waals surface area contributed by atoms with Crippen LogP contribution >= 0.6 is 11.3 Å². The van der Waals surface area contributed by atoms with Crippen molar-refractivity contribution in [1.29, 1.82) is 5.26 Å². The molecule has 1 aromatic carbocycles. The molecule has 0 spiro atoms. The Morgan fingerprint density at radius 3 is 2.72 bits per heavy atom. The van der Waals surface area contributed by atoms with Gasteiger partial charge in [0, 0.05) is 34.5 Å². The highest BCUT2D eigenvalue weighted by Crippen LogP contribution is 2.47. The Hall–Kier alpha value is -3.46. The first kappa shape index (κ1) is 23.0. The van der Waals surface area contributed by atoms with Crippen LogP contribution in [0.5, 0.6) is 6.01 Å². The fourth-order valence-electron chi connectivity index (χ4n) is 5.01. The molecule has 1 aliphatic carbocycles. The number of rotatable bonds is 6. The quantitative estimate of drug-likeness (QED) is 0.408. The molecule has 6 rings (SSSR count). The van der Waals surface area contributed by atoms with E-state index in [-0.39, 0.29) is 62.1 Å². The van der Waals surface area contributed by atoms with Crippen LogP contribution in [0.4, 0.5) is 13.8 Å². The van der Waals surface area contributed by atoms with Gasteiger partial charge in [-0.05, 0) is 38.1 Å². The summed E-state index contributed by atoms with van der Waals surface area (Å²) in [6.07, 6.45) is 4.69. The van der Waals surface area contributed by atoms with Crippen molar-refractivity contribution in [2.24, 2.45) is 5.41 Å². The Balaban J connectivity index is 1.51. The Labute approximate surface area is 209 Å². The molecule has 4 aromatic rings. The molecule has 1 aliphatic heterocycles. The fourth-order valence-corrected chi connectivity index (χ4v) is 5.94. The number of fused-ring (bicyclic) bond motifs is 4. The summed E-state index contributed by atoms with van der Waals surface area (Å²) in [5.41, 5.74) is 7.78. The normalized spacial score (nSPS) is 16.0. The maximum Gasteiger partial charge on any atom is 0.317 e. The van der Waals surface area contributed by atoms with Gasteiger partial charge in [-0.1, -0.05) is 0 Å². The second kappa shape index (κ2) is 8.30. The lowest BCUT2D eigenvalue weighted by atomic mass is 9.94. The lowest BCUT2D eigenvalue weighted by Crippen LogP contribution is -2.27. The topological polar surface area (TPSA) is 110 Å². The van der Waals surface area contributed by atoms with Gasteiger partial charge in [0.15, 0.2) is 11.6 Å². The van der Waals surface area contributed by atoms with Crippen molar-refractivity contribution < 1.29 is 18.3 Å². The van der Waals surface area contributed by atoms with E-state index in [0.29, 0.717) is 17.6 Å². The highest BCUT2D eigenvalue weighted by atomic mass is 32.1. The van der Waals surface area contributed by atoms with Crippen molar-refractivity contribution in [2.75, 3.05) is 33.0 Å². The molecular formula is C25H22F2N6O2S. The molecule has 1 saturated carbocycles. The van der Waals surface area contributed by atoms with E-state index in [4.69, 9.17) is 15.2 Å². The van der Waals surface area contributed by atoms with E-state index in [1.807, 2.05) is 20.2 Å². The predicted molar refractivity (Wildman–Crippen MR) is 131 cm³/mol. The van der Waals surface area contributed by atoms with Crippen LogP contribution in [-0.2, 0) is 18.0 Å². The number of hydrogen-bond acceptors (Lipinski definition) is 9. The van der Waals surface area contributed by atoms with Crippen molar-refractivity contribution >= 4 is 37.3 Å². The molecule has 2 N–H and O–H groups in total. The highest BCUT2D eigenvalue weighted by Gasteiger charge is 2.44. The average Bonchev–Trinajstić information content (AvgIpc) is 3.27. The number of thiophene rings is 1. The van der Waals surface area contributed by atoms with Gasteiger partial charge in [-0.2, -0.15) is 10.2 Å². The van der Waals surface area contributed by atoms with Gasteiger partial charge in [-0.15, -0.1) is 11.3 Å². The lowest BCUT2D eigenvalue weighted by molar-refractivity contribution is 0.135. The first-order chi connectivity index (χ1) is 17.3. The predicted octanol–water partition coefficient (Wildman–Crippen LogP) is 4.39. The van der Waals surface area contributed by atoms with E-state index in [9.17, 15) is 9.65 Å². The maximum absolute atomic E-state index is 16.3. The van der Waals surface area contributed by atoms with Crippen LogP contribution in [0.2, 0.25) is 0 Å². The molecule has 11 heteroatoms. The molecule has 8 nitrogen and oxygen atoms in total. The minimum Gasteiger partial charge on any atom is -0.463 e. The zero-order valence-corrected chi connectivity index (χ0v) is 20.5. The van der Waals surface area contributed by atoms with E-state index in [1.54, 1.807) is 6.20 Å². The van der Waals surface area contributed by atoms with Gasteiger partial charge in [0.25, 0.3) is 0 Å². The van der Waals surface area contributed by atoms with Crippen LogP contribution in [0, 0.1) is 28.4 Å². The molecule has 0 atom stereocenters. The lowest BCUT2D eigenvalue weighted by Gasteiger charge is -2.20. The van der Waals surface area contributed by atoms with E-state index >= 15 is 4.39 Å². The molecule has 1 fully saturated rings. The number of aromatic nitrogens is 3. The third-order valence-corrected chi connectivity index (χ3v) is 7.87. The molecule has 0 bridgehead atoms. The second-order valence-corrected chi connectivity index (χ2v) is 10.7. The van der Waals surface area contributed by atoms with Crippen molar-refractivity contribution in [3.63, 3.8) is 0 Å². The summed E-state index contributed by atoms with van der Waals surface area (Å²) in [6.45, 7) is 1.72. The summed E-state index contributed by atoms with van der Waals surface area (Å²) >= 11 is 0.940. The largest absolute Gasteiger partial charge is 0.463 e. The molecule has 36 heavy (non-hydrogen) atoms. The minimum atomic E-state index is -0.648. The first-order valence-corrected chi connectivity index (χ1v) is 12.3. The van der Waals surface area contributed by atoms with Gasteiger partial charge in [-0.3, -0.25) is 4.98 Å². The minimum absolute atomic E-state index is 0.0630. The number of nitrogens with two attached hydrogens (primary N) is 1. The third-order valence-electron chi connectivity index (χ3n) is 6.84. The van der Waals surface area contributed by atoms with Gasteiger partial charge < -0.3 is 20.1 Å². The van der Waals surface area contributed by atoms with E-state index in [0.717, 1.165) is 42.5 Å². The smallest absolute Gasteiger partial charge is 0.317 e. The highest BCUT2D eigenvalue weighted by molar-refractivity contribution is 7.23. The molecular weight excluding hydrogens is 486 g/mol. The summed E-state index contributed by atoms with van der Waals surface area (Å²) in [7, 11) is 4.04. The third kappa shape index (κ3) is 3.56. The summed E-state index contributed by atoms with van der Waals surface area (Å²) in [5.74, 6) is -1.27. The molecule has 0 saturated heterocycles. The molecule has 4 heterocycles. The van der Waals surface area contributed by atoms with Gasteiger partial charge >= 0.3 is 6.01 Å². The SMILES string of the molecule is CN(C)CC1(COc2ncc3c4c(c(-c5ncc(F)c6sc(N)c(C#N)c56)c(F)c3n2)COC4)CC1. The summed E-state index contributed by atoms with van der Waals surface area (Å²) in [6, 6.07) is 2.10. The number of ether oxygens (including phenoxy) is 2. The van der Waals surface area contributed by atoms with Crippen molar-refractivity contribution in [3.05, 3.63) is 40.7 Å². The molecule has 2 aliphatic rings. The molecule has 184 valence electrons. The maximum atomic E-state index is 16.3. The monoisotopic (exact) mass is 508 g/mol. The Bertz CT molecular complexity index is 1590. The average molecular weight is 509 g/mol. The van der Waals surface area contributed by atoms with Crippen molar-refractivity contribution in [2.45, 2.75) is 26.1 Å². The van der Waals surface area contributed by atoms with Gasteiger partial charge in [0.05, 0.1) is 42.0 Å². The number of anilines is 1. The van der Waals surface area contributed by atoms with Crippen molar-refractivity contribution in [1.82, 2.24) is 19.9 Å². The number of benzene rings is 1. The zero-order valence-electron chi connectivity index (χ0n) is 19.7. The number of nitrogen functional groups attached to an aromatic ring is 1. The molecule has 0 radical (unpaired) electrons. The summed E-state index contributed by atoms with van der Waals surface area (Å²) < 4.78 is 42.6. The Morgan fingerprint density at radius 2 is 2.00 bits per heavy atom. The van der Waals surface area contributed by atoms with Crippen LogP contribution in [0.3, 0.4) is 0 Å². The van der Waals surface area contributed by atoms with Crippen molar-refractivity contribution in [3.8, 4) is 23.3 Å². The van der Waals surface area contributed by atoms with E-state index in [1.165, 1.54) is 0 Å². The van der Waals surface area contributed by atoms with Gasteiger partial charge in [0.2, 0.25) is 0 Å². The van der Waals surface area contributed by atoms with E-state index in [2.05, 4.69) is 19.9 Å². The number of halogens is 2. The summed E-state index contributed by atoms with van der Waals surface area (Å²) in [5, 5.41) is 10.6. The number of pyridine rings is 1. The van der Waals surface area contributed by atoms with Gasteiger partial charge in [0.1, 0.15) is 16.6 Å². The number of nitrogens with zero attached hydrogens (tertiary/aromatic N) is 5. The van der Waals surface area contributed by atoms with Crippen LogP contribution in [0.25, 0.3) is 32.2 Å².